The highest BCUT2D eigenvalue weighted by molar-refractivity contribution is 5.20. The van der Waals surface area contributed by atoms with Gasteiger partial charge in [0.05, 0.1) is 11.6 Å². The Labute approximate surface area is 82.0 Å². The molecular weight excluding hydrogens is 182 g/mol. The Hall–Kier alpha value is -1.36. The Kier molecular flexibility index (Phi) is 3.24. The van der Waals surface area contributed by atoms with E-state index in [9.17, 15) is 9.90 Å². The number of nitrogens with two attached hydrogens (primary N) is 1. The quantitative estimate of drug-likeness (QED) is 0.661. The van der Waals surface area contributed by atoms with Crippen LogP contribution in [-0.2, 0) is 0 Å². The monoisotopic (exact) mass is 197 g/mol. The highest BCUT2D eigenvalue weighted by Crippen LogP contribution is 2.13. The first-order chi connectivity index (χ1) is 6.56. The lowest BCUT2D eigenvalue weighted by molar-refractivity contribution is 0.437. The third-order valence-corrected chi connectivity index (χ3v) is 2.09. The number of hydrogen-bond acceptors (Lipinski definition) is 4. The van der Waals surface area contributed by atoms with E-state index in [1.165, 1.54) is 6.92 Å². The zero-order valence-electron chi connectivity index (χ0n) is 8.37. The molecule has 0 aliphatic heterocycles. The van der Waals surface area contributed by atoms with Gasteiger partial charge in [-0.3, -0.25) is 4.79 Å². The molecule has 0 spiro atoms. The van der Waals surface area contributed by atoms with Crippen molar-refractivity contribution in [1.29, 1.82) is 0 Å². The zero-order chi connectivity index (χ0) is 10.7. The Morgan fingerprint density at radius 2 is 2.29 bits per heavy atom. The SMILES string of the molecule is CCCC(N)c1nc(O)c(C)c(=O)[nH]1. The first-order valence-corrected chi connectivity index (χ1v) is 4.61. The summed E-state index contributed by atoms with van der Waals surface area (Å²) in [7, 11) is 0. The molecule has 1 aromatic heterocycles. The third-order valence-electron chi connectivity index (χ3n) is 2.09. The molecule has 4 N–H and O–H groups in total. The summed E-state index contributed by atoms with van der Waals surface area (Å²) >= 11 is 0. The predicted molar refractivity (Wildman–Crippen MR) is 53.1 cm³/mol. The second-order valence-corrected chi connectivity index (χ2v) is 3.29. The van der Waals surface area contributed by atoms with E-state index in [1.807, 2.05) is 6.92 Å². The maximum absolute atomic E-state index is 11.3. The van der Waals surface area contributed by atoms with E-state index in [4.69, 9.17) is 5.73 Å². The summed E-state index contributed by atoms with van der Waals surface area (Å²) in [5.41, 5.74) is 5.64. The summed E-state index contributed by atoms with van der Waals surface area (Å²) in [5.74, 6) is 0.107. The average molecular weight is 197 g/mol. The highest BCUT2D eigenvalue weighted by atomic mass is 16.3. The van der Waals surface area contributed by atoms with Gasteiger partial charge in [0, 0.05) is 0 Å². The van der Waals surface area contributed by atoms with Gasteiger partial charge in [-0.2, -0.15) is 4.98 Å². The van der Waals surface area contributed by atoms with Crippen molar-refractivity contribution < 1.29 is 5.11 Å². The number of hydrogen-bond donors (Lipinski definition) is 3. The van der Waals surface area contributed by atoms with Gasteiger partial charge in [0.15, 0.2) is 0 Å². The fraction of sp³-hybridized carbons (Fsp3) is 0.556. The smallest absolute Gasteiger partial charge is 0.257 e. The second-order valence-electron chi connectivity index (χ2n) is 3.29. The van der Waals surface area contributed by atoms with Gasteiger partial charge in [0.25, 0.3) is 5.56 Å². The molecule has 0 amide bonds. The van der Waals surface area contributed by atoms with E-state index >= 15 is 0 Å². The number of nitrogens with zero attached hydrogens (tertiary/aromatic N) is 1. The van der Waals surface area contributed by atoms with Gasteiger partial charge in [0.2, 0.25) is 5.88 Å². The number of aromatic hydroxyl groups is 1. The van der Waals surface area contributed by atoms with Gasteiger partial charge >= 0.3 is 0 Å². The lowest BCUT2D eigenvalue weighted by Crippen LogP contribution is -2.20. The van der Waals surface area contributed by atoms with E-state index < -0.39 is 0 Å². The Morgan fingerprint density at radius 1 is 1.64 bits per heavy atom. The van der Waals surface area contributed by atoms with Crippen LogP contribution < -0.4 is 11.3 Å². The fourth-order valence-electron chi connectivity index (χ4n) is 1.16. The van der Waals surface area contributed by atoms with E-state index in [2.05, 4.69) is 9.97 Å². The molecule has 5 heteroatoms. The second kappa shape index (κ2) is 4.23. The van der Waals surface area contributed by atoms with Crippen LogP contribution in [0.5, 0.6) is 5.88 Å². The summed E-state index contributed by atoms with van der Waals surface area (Å²) in [5, 5.41) is 9.31. The van der Waals surface area contributed by atoms with Crippen LogP contribution in [0.3, 0.4) is 0 Å². The van der Waals surface area contributed by atoms with E-state index in [-0.39, 0.29) is 23.0 Å². The molecule has 0 fully saturated rings. The molecular formula is C9H15N3O2. The van der Waals surface area contributed by atoms with E-state index in [0.717, 1.165) is 12.8 Å². The number of rotatable bonds is 3. The summed E-state index contributed by atoms with van der Waals surface area (Å²) in [4.78, 5) is 17.6. The lowest BCUT2D eigenvalue weighted by atomic mass is 10.1. The lowest BCUT2D eigenvalue weighted by Gasteiger charge is -2.09. The molecule has 0 radical (unpaired) electrons. The van der Waals surface area contributed by atoms with Crippen LogP contribution in [0.4, 0.5) is 0 Å². The standard InChI is InChI=1S/C9H15N3O2/c1-3-4-6(10)7-11-8(13)5(2)9(14)12-7/h6H,3-4,10H2,1-2H3,(H2,11,12,13,14). The maximum atomic E-state index is 11.3. The first kappa shape index (κ1) is 10.7. The highest BCUT2D eigenvalue weighted by Gasteiger charge is 2.11. The van der Waals surface area contributed by atoms with Gasteiger partial charge in [-0.15, -0.1) is 0 Å². The van der Waals surface area contributed by atoms with Gasteiger partial charge in [-0.25, -0.2) is 0 Å². The number of H-pyrrole nitrogens is 1. The maximum Gasteiger partial charge on any atom is 0.257 e. The molecule has 0 saturated carbocycles. The van der Waals surface area contributed by atoms with Gasteiger partial charge < -0.3 is 15.8 Å². The molecule has 1 aromatic rings. The molecule has 5 nitrogen and oxygen atoms in total. The molecule has 0 aliphatic rings. The van der Waals surface area contributed by atoms with E-state index in [0.29, 0.717) is 5.82 Å². The molecule has 1 atom stereocenters. The van der Waals surface area contributed by atoms with Crippen molar-refractivity contribution in [2.45, 2.75) is 32.7 Å². The molecule has 0 aliphatic carbocycles. The van der Waals surface area contributed by atoms with Crippen molar-refractivity contribution in [1.82, 2.24) is 9.97 Å². The first-order valence-electron chi connectivity index (χ1n) is 4.61. The number of aromatic nitrogens is 2. The predicted octanol–water partition coefficient (Wildman–Crippen LogP) is 0.584. The number of aromatic amines is 1. The van der Waals surface area contributed by atoms with Gasteiger partial charge in [0.1, 0.15) is 5.82 Å². The van der Waals surface area contributed by atoms with Crippen LogP contribution in [-0.4, -0.2) is 15.1 Å². The van der Waals surface area contributed by atoms with Crippen molar-refractivity contribution in [2.24, 2.45) is 5.73 Å². The molecule has 0 saturated heterocycles. The fourth-order valence-corrected chi connectivity index (χ4v) is 1.16. The molecule has 0 aromatic carbocycles. The van der Waals surface area contributed by atoms with Gasteiger partial charge in [-0.1, -0.05) is 13.3 Å². The minimum atomic E-state index is -0.334. The Morgan fingerprint density at radius 3 is 2.79 bits per heavy atom. The molecule has 1 heterocycles. The van der Waals surface area contributed by atoms with Crippen molar-refractivity contribution >= 4 is 0 Å². The largest absolute Gasteiger partial charge is 0.493 e. The zero-order valence-corrected chi connectivity index (χ0v) is 8.37. The Balaban J connectivity index is 3.06. The molecule has 78 valence electrons. The topological polar surface area (TPSA) is 92.0 Å². The average Bonchev–Trinajstić information content (AvgIpc) is 2.13. The van der Waals surface area contributed by atoms with Crippen molar-refractivity contribution in [3.8, 4) is 5.88 Å². The molecule has 1 rings (SSSR count). The van der Waals surface area contributed by atoms with Crippen LogP contribution in [0.2, 0.25) is 0 Å². The summed E-state index contributed by atoms with van der Waals surface area (Å²) in [6.45, 7) is 3.50. The van der Waals surface area contributed by atoms with Crippen LogP contribution in [0, 0.1) is 6.92 Å². The van der Waals surface area contributed by atoms with Crippen molar-refractivity contribution in [3.63, 3.8) is 0 Å². The molecule has 1 unspecified atom stereocenters. The van der Waals surface area contributed by atoms with Crippen LogP contribution in [0.15, 0.2) is 4.79 Å². The summed E-state index contributed by atoms with van der Waals surface area (Å²) in [6, 6.07) is -0.320. The Bertz CT molecular complexity index is 373. The molecule has 14 heavy (non-hydrogen) atoms. The number of nitrogens with one attached hydrogen (secondary N) is 1. The normalized spacial score (nSPS) is 12.8. The third kappa shape index (κ3) is 2.11. The van der Waals surface area contributed by atoms with Crippen molar-refractivity contribution in [3.05, 3.63) is 21.7 Å². The summed E-state index contributed by atoms with van der Waals surface area (Å²) in [6.07, 6.45) is 1.63. The van der Waals surface area contributed by atoms with E-state index in [1.54, 1.807) is 0 Å². The van der Waals surface area contributed by atoms with Gasteiger partial charge in [-0.05, 0) is 13.3 Å². The molecule has 0 bridgehead atoms. The summed E-state index contributed by atoms with van der Waals surface area (Å²) < 4.78 is 0. The minimum Gasteiger partial charge on any atom is -0.493 e. The van der Waals surface area contributed by atoms with Crippen molar-refractivity contribution in [2.75, 3.05) is 0 Å². The van der Waals surface area contributed by atoms with Crippen LogP contribution in [0.25, 0.3) is 0 Å². The van der Waals surface area contributed by atoms with Crippen LogP contribution in [0.1, 0.15) is 37.2 Å². The van der Waals surface area contributed by atoms with Crippen LogP contribution >= 0.6 is 0 Å². The minimum absolute atomic E-state index is 0.220.